The van der Waals surface area contributed by atoms with Crippen molar-refractivity contribution in [1.29, 1.82) is 5.26 Å². The number of para-hydroxylation sites is 2. The molecule has 1 aromatic heterocycles. The molecule has 11 nitrogen and oxygen atoms in total. The molecule has 0 spiro atoms. The summed E-state index contributed by atoms with van der Waals surface area (Å²) in [5.41, 5.74) is 0.710. The highest BCUT2D eigenvalue weighted by Crippen LogP contribution is 2.27. The van der Waals surface area contributed by atoms with E-state index >= 15 is 0 Å². The van der Waals surface area contributed by atoms with Crippen LogP contribution >= 0.6 is 0 Å². The molecule has 3 aromatic rings. The highest BCUT2D eigenvalue weighted by Gasteiger charge is 2.26. The quantitative estimate of drug-likeness (QED) is 0.345. The van der Waals surface area contributed by atoms with E-state index in [0.717, 1.165) is 0 Å². The van der Waals surface area contributed by atoms with Gasteiger partial charge in [-0.2, -0.15) is 10.2 Å². The topological polar surface area (TPSA) is 135 Å². The molecule has 0 saturated carbocycles. The standard InChI is InChI=1S/C25H23N5O6/c1-34-21-7-2-3-8-22(21)35-17-24(31)28-11-13-29(14-12-28)25-20(16-26)27-23(36-25)10-9-18-5-4-6-19(15-18)30(32)33/h2-10,15H,11-14,17H2,1H3/b10-9+. The maximum absolute atomic E-state index is 12.6. The fourth-order valence-electron chi connectivity index (χ4n) is 3.72. The Kier molecular flexibility index (Phi) is 7.45. The molecule has 0 unspecified atom stereocenters. The predicted molar refractivity (Wildman–Crippen MR) is 131 cm³/mol. The zero-order chi connectivity index (χ0) is 25.5. The minimum Gasteiger partial charge on any atom is -0.493 e. The van der Waals surface area contributed by atoms with Gasteiger partial charge < -0.3 is 23.7 Å². The summed E-state index contributed by atoms with van der Waals surface area (Å²) in [6.45, 7) is 1.66. The van der Waals surface area contributed by atoms with Crippen molar-refractivity contribution < 1.29 is 23.6 Å². The van der Waals surface area contributed by atoms with Gasteiger partial charge in [0, 0.05) is 44.4 Å². The fraction of sp³-hybridized carbons (Fsp3) is 0.240. The van der Waals surface area contributed by atoms with Crippen LogP contribution in [0.1, 0.15) is 17.1 Å². The highest BCUT2D eigenvalue weighted by atomic mass is 16.6. The minimum absolute atomic E-state index is 0.0244. The molecule has 4 rings (SSSR count). The Morgan fingerprint density at radius 3 is 2.61 bits per heavy atom. The van der Waals surface area contributed by atoms with Crippen LogP contribution < -0.4 is 14.4 Å². The van der Waals surface area contributed by atoms with E-state index in [1.165, 1.54) is 19.2 Å². The lowest BCUT2D eigenvalue weighted by Crippen LogP contribution is -2.50. The molecule has 1 saturated heterocycles. The molecule has 1 fully saturated rings. The number of piperazine rings is 1. The van der Waals surface area contributed by atoms with Gasteiger partial charge >= 0.3 is 0 Å². The number of benzene rings is 2. The third-order valence-corrected chi connectivity index (χ3v) is 5.57. The Hall–Kier alpha value is -4.85. The minimum atomic E-state index is -0.469. The molecule has 11 heteroatoms. The summed E-state index contributed by atoms with van der Waals surface area (Å²) >= 11 is 0. The lowest BCUT2D eigenvalue weighted by atomic mass is 10.2. The van der Waals surface area contributed by atoms with Crippen molar-refractivity contribution in [3.05, 3.63) is 75.8 Å². The summed E-state index contributed by atoms with van der Waals surface area (Å²) in [5, 5.41) is 20.5. The van der Waals surface area contributed by atoms with Crippen LogP contribution in [-0.2, 0) is 4.79 Å². The molecule has 0 radical (unpaired) electrons. The van der Waals surface area contributed by atoms with E-state index in [-0.39, 0.29) is 29.8 Å². The van der Waals surface area contributed by atoms with Gasteiger partial charge in [0.2, 0.25) is 17.5 Å². The van der Waals surface area contributed by atoms with Crippen molar-refractivity contribution in [3.63, 3.8) is 0 Å². The van der Waals surface area contributed by atoms with Crippen molar-refractivity contribution in [2.45, 2.75) is 0 Å². The first-order valence-corrected chi connectivity index (χ1v) is 11.1. The van der Waals surface area contributed by atoms with E-state index in [0.29, 0.717) is 49.1 Å². The van der Waals surface area contributed by atoms with E-state index < -0.39 is 4.92 Å². The van der Waals surface area contributed by atoms with Crippen molar-refractivity contribution in [3.8, 4) is 17.6 Å². The smallest absolute Gasteiger partial charge is 0.270 e. The Labute approximate surface area is 206 Å². The number of anilines is 1. The first-order chi connectivity index (χ1) is 17.5. The van der Waals surface area contributed by atoms with Crippen LogP contribution in [0.5, 0.6) is 11.5 Å². The molecule has 1 aliphatic rings. The van der Waals surface area contributed by atoms with Crippen LogP contribution in [-0.4, -0.2) is 60.6 Å². The summed E-state index contributed by atoms with van der Waals surface area (Å²) < 4.78 is 16.7. The van der Waals surface area contributed by atoms with Gasteiger partial charge in [-0.3, -0.25) is 14.9 Å². The molecule has 0 bridgehead atoms. The largest absolute Gasteiger partial charge is 0.493 e. The summed E-state index contributed by atoms with van der Waals surface area (Å²) in [7, 11) is 1.54. The highest BCUT2D eigenvalue weighted by molar-refractivity contribution is 5.78. The molecule has 0 atom stereocenters. The van der Waals surface area contributed by atoms with Gasteiger partial charge in [0.25, 0.3) is 11.6 Å². The molecule has 36 heavy (non-hydrogen) atoms. The van der Waals surface area contributed by atoms with E-state index in [1.54, 1.807) is 47.4 Å². The first kappa shape index (κ1) is 24.3. The molecule has 2 heterocycles. The zero-order valence-corrected chi connectivity index (χ0v) is 19.5. The number of oxazole rings is 1. The lowest BCUT2D eigenvalue weighted by Gasteiger charge is -2.34. The second-order valence-corrected chi connectivity index (χ2v) is 7.81. The number of hydrogen-bond acceptors (Lipinski definition) is 9. The van der Waals surface area contributed by atoms with Gasteiger partial charge in [-0.15, -0.1) is 0 Å². The average molecular weight is 489 g/mol. The van der Waals surface area contributed by atoms with Crippen LogP contribution in [0.2, 0.25) is 0 Å². The molecule has 184 valence electrons. The molecule has 1 aliphatic heterocycles. The van der Waals surface area contributed by atoms with Crippen LogP contribution in [0.3, 0.4) is 0 Å². The van der Waals surface area contributed by atoms with E-state index in [9.17, 15) is 20.2 Å². The van der Waals surface area contributed by atoms with E-state index in [4.69, 9.17) is 13.9 Å². The maximum atomic E-state index is 12.6. The summed E-state index contributed by atoms with van der Waals surface area (Å²) in [5.74, 6) is 1.43. The van der Waals surface area contributed by atoms with Gasteiger partial charge in [0.05, 0.1) is 12.0 Å². The Morgan fingerprint density at radius 2 is 1.92 bits per heavy atom. The van der Waals surface area contributed by atoms with Crippen LogP contribution in [0, 0.1) is 21.4 Å². The number of ether oxygens (including phenoxy) is 2. The number of nitro benzene ring substituents is 1. The number of non-ortho nitro benzene ring substituents is 1. The number of methoxy groups -OCH3 is 1. The van der Waals surface area contributed by atoms with Gasteiger partial charge in [0.1, 0.15) is 6.07 Å². The summed E-state index contributed by atoms with van der Waals surface area (Å²) in [6, 6.07) is 15.3. The van der Waals surface area contributed by atoms with Crippen molar-refractivity contribution >= 4 is 29.6 Å². The fourth-order valence-corrected chi connectivity index (χ4v) is 3.72. The van der Waals surface area contributed by atoms with Crippen LogP contribution in [0.4, 0.5) is 11.6 Å². The molecule has 0 aliphatic carbocycles. The Balaban J connectivity index is 1.36. The number of nitrogens with zero attached hydrogens (tertiary/aromatic N) is 5. The van der Waals surface area contributed by atoms with Crippen molar-refractivity contribution in [2.75, 3.05) is 44.8 Å². The predicted octanol–water partition coefficient (Wildman–Crippen LogP) is 3.36. The number of carbonyl (C=O) groups is 1. The second-order valence-electron chi connectivity index (χ2n) is 7.81. The van der Waals surface area contributed by atoms with Crippen LogP contribution in [0.25, 0.3) is 12.2 Å². The molecular formula is C25H23N5O6. The number of nitriles is 1. The molecule has 1 amide bonds. The number of nitro groups is 1. The third-order valence-electron chi connectivity index (χ3n) is 5.57. The van der Waals surface area contributed by atoms with E-state index in [1.807, 2.05) is 17.0 Å². The lowest BCUT2D eigenvalue weighted by molar-refractivity contribution is -0.384. The Morgan fingerprint density at radius 1 is 1.17 bits per heavy atom. The first-order valence-electron chi connectivity index (χ1n) is 11.1. The normalized spacial score (nSPS) is 13.4. The second kappa shape index (κ2) is 11.1. The number of carbonyl (C=O) groups excluding carboxylic acids is 1. The van der Waals surface area contributed by atoms with Gasteiger partial charge in [0.15, 0.2) is 18.1 Å². The molecule has 0 N–H and O–H groups in total. The van der Waals surface area contributed by atoms with E-state index in [2.05, 4.69) is 4.98 Å². The van der Waals surface area contributed by atoms with Crippen molar-refractivity contribution in [2.24, 2.45) is 0 Å². The number of amides is 1. The van der Waals surface area contributed by atoms with Gasteiger partial charge in [-0.25, -0.2) is 0 Å². The summed E-state index contributed by atoms with van der Waals surface area (Å²) in [6.07, 6.45) is 3.18. The van der Waals surface area contributed by atoms with Crippen molar-refractivity contribution in [1.82, 2.24) is 9.88 Å². The van der Waals surface area contributed by atoms with Gasteiger partial charge in [-0.05, 0) is 23.8 Å². The van der Waals surface area contributed by atoms with Crippen LogP contribution in [0.15, 0.2) is 52.9 Å². The maximum Gasteiger partial charge on any atom is 0.270 e. The zero-order valence-electron chi connectivity index (χ0n) is 19.5. The SMILES string of the molecule is COc1ccccc1OCC(=O)N1CCN(c2oc(/C=C/c3cccc([N+](=O)[O-])c3)nc2C#N)CC1. The molecular weight excluding hydrogens is 466 g/mol. The summed E-state index contributed by atoms with van der Waals surface area (Å²) in [4.78, 5) is 30.9. The third kappa shape index (κ3) is 5.61. The molecule has 2 aromatic carbocycles. The number of hydrogen-bond donors (Lipinski definition) is 0. The number of aromatic nitrogens is 1. The van der Waals surface area contributed by atoms with Gasteiger partial charge in [-0.1, -0.05) is 24.3 Å². The monoisotopic (exact) mass is 489 g/mol. The average Bonchev–Trinajstić information content (AvgIpc) is 3.34. The Bertz CT molecular complexity index is 1320. The number of rotatable bonds is 8.